The molecule has 18 nitrogen and oxygen atoms in total. The number of anilines is 2. The SMILES string of the molecule is CCCCCCNC(=O)Nc1cc(-c2cc3cnc(NCCCCc4cn(CCCCCC(=O)NC(C(=O)N5C[C@H](O)C[C@H]5C(=O)NC(C)c5ccc(-c6scnc6C)cc5)C(C)(C)C)nn4)nc3nc2C)c(C)cc1F. The molecule has 4 atom stereocenters. The number of nitrogens with zero attached hydrogens (tertiary/aromatic N) is 8. The lowest BCUT2D eigenvalue weighted by Crippen LogP contribution is -2.57. The summed E-state index contributed by atoms with van der Waals surface area (Å²) < 4.78 is 16.8. The van der Waals surface area contributed by atoms with Crippen molar-refractivity contribution in [1.82, 2.24) is 55.8 Å². The van der Waals surface area contributed by atoms with Crippen LogP contribution in [0, 0.1) is 32.0 Å². The highest BCUT2D eigenvalue weighted by atomic mass is 32.1. The molecule has 0 aliphatic carbocycles. The van der Waals surface area contributed by atoms with Crippen molar-refractivity contribution in [1.29, 1.82) is 0 Å². The number of aryl methyl sites for hydroxylation is 5. The Morgan fingerprint density at radius 3 is 2.39 bits per heavy atom. The van der Waals surface area contributed by atoms with Crippen LogP contribution < -0.4 is 26.6 Å². The van der Waals surface area contributed by atoms with Gasteiger partial charge in [-0.05, 0) is 112 Å². The fourth-order valence-electron chi connectivity index (χ4n) is 9.57. The van der Waals surface area contributed by atoms with Crippen molar-refractivity contribution >= 4 is 57.8 Å². The number of benzene rings is 2. The van der Waals surface area contributed by atoms with Gasteiger partial charge < -0.3 is 36.6 Å². The predicted molar refractivity (Wildman–Crippen MR) is 300 cm³/mol. The van der Waals surface area contributed by atoms with E-state index in [1.165, 1.54) is 11.0 Å². The van der Waals surface area contributed by atoms with Crippen molar-refractivity contribution in [2.45, 2.75) is 163 Å². The number of aliphatic hydroxyl groups is 1. The number of unbranched alkanes of at least 4 members (excludes halogenated alkanes) is 6. The van der Waals surface area contributed by atoms with Crippen molar-refractivity contribution in [3.05, 3.63) is 94.4 Å². The Morgan fingerprint density at radius 1 is 0.883 bits per heavy atom. The Labute approximate surface area is 455 Å². The van der Waals surface area contributed by atoms with Crippen LogP contribution in [0.2, 0.25) is 0 Å². The van der Waals surface area contributed by atoms with Crippen molar-refractivity contribution in [3.63, 3.8) is 0 Å². The summed E-state index contributed by atoms with van der Waals surface area (Å²) in [6, 6.07) is 10.4. The van der Waals surface area contributed by atoms with Crippen LogP contribution in [-0.4, -0.2) is 107 Å². The molecule has 5 amide bonds. The molecule has 412 valence electrons. The average molecular weight is 1070 g/mol. The second kappa shape index (κ2) is 26.9. The van der Waals surface area contributed by atoms with Crippen LogP contribution in [0.25, 0.3) is 32.6 Å². The predicted octanol–water partition coefficient (Wildman–Crippen LogP) is 9.54. The zero-order chi connectivity index (χ0) is 55.2. The van der Waals surface area contributed by atoms with E-state index in [2.05, 4.69) is 58.8 Å². The van der Waals surface area contributed by atoms with E-state index in [4.69, 9.17) is 4.98 Å². The van der Waals surface area contributed by atoms with E-state index in [0.29, 0.717) is 48.9 Å². The number of carbonyl (C=O) groups is 4. The highest BCUT2D eigenvalue weighted by Gasteiger charge is 2.44. The van der Waals surface area contributed by atoms with Crippen molar-refractivity contribution in [2.75, 3.05) is 30.3 Å². The lowest BCUT2D eigenvalue weighted by Gasteiger charge is -2.35. The minimum atomic E-state index is -0.893. The smallest absolute Gasteiger partial charge is 0.319 e. The largest absolute Gasteiger partial charge is 0.391 e. The van der Waals surface area contributed by atoms with Gasteiger partial charge in [0.2, 0.25) is 23.7 Å². The number of amides is 5. The fourth-order valence-corrected chi connectivity index (χ4v) is 10.4. The van der Waals surface area contributed by atoms with Gasteiger partial charge in [-0.2, -0.15) is 4.98 Å². The maximum Gasteiger partial charge on any atom is 0.319 e. The Morgan fingerprint density at radius 2 is 1.65 bits per heavy atom. The topological polar surface area (TPSA) is 234 Å². The van der Waals surface area contributed by atoms with Crippen molar-refractivity contribution in [3.8, 4) is 21.6 Å². The summed E-state index contributed by atoms with van der Waals surface area (Å²) in [5, 5.41) is 34.9. The maximum absolute atomic E-state index is 15.0. The maximum atomic E-state index is 15.0. The summed E-state index contributed by atoms with van der Waals surface area (Å²) in [4.78, 5) is 74.5. The average Bonchev–Trinajstić information content (AvgIpc) is 4.19. The molecule has 0 saturated carbocycles. The molecule has 2 unspecified atom stereocenters. The molecule has 7 rings (SSSR count). The Bertz CT molecular complexity index is 2980. The molecule has 6 N–H and O–H groups in total. The zero-order valence-corrected chi connectivity index (χ0v) is 46.7. The fraction of sp³-hybridized carbons (Fsp3) is 0.509. The quantitative estimate of drug-likeness (QED) is 0.0294. The minimum Gasteiger partial charge on any atom is -0.391 e. The van der Waals surface area contributed by atoms with Crippen LogP contribution >= 0.6 is 11.3 Å². The van der Waals surface area contributed by atoms with Gasteiger partial charge in [0.1, 0.15) is 17.9 Å². The first-order chi connectivity index (χ1) is 36.9. The van der Waals surface area contributed by atoms with Gasteiger partial charge in [0.05, 0.1) is 39.6 Å². The number of hydrogen-bond acceptors (Lipinski definition) is 13. The normalized spacial score (nSPS) is 15.3. The van der Waals surface area contributed by atoms with E-state index in [1.807, 2.05) is 95.2 Å². The van der Waals surface area contributed by atoms with Gasteiger partial charge in [-0.1, -0.05) is 82.9 Å². The van der Waals surface area contributed by atoms with Gasteiger partial charge >= 0.3 is 6.03 Å². The van der Waals surface area contributed by atoms with Gasteiger partial charge in [-0.25, -0.2) is 24.1 Å². The Kier molecular flexibility index (Phi) is 20.2. The van der Waals surface area contributed by atoms with E-state index in [9.17, 15) is 28.7 Å². The number of fused-ring (bicyclic) bond motifs is 1. The number of likely N-dealkylation sites (tertiary alicyclic amines) is 1. The molecule has 4 aromatic heterocycles. The van der Waals surface area contributed by atoms with E-state index in [1.54, 1.807) is 23.6 Å². The summed E-state index contributed by atoms with van der Waals surface area (Å²) in [5.41, 5.74) is 8.61. The highest BCUT2D eigenvalue weighted by Crippen LogP contribution is 2.33. The Hall–Kier alpha value is -6.93. The number of β-amino-alcohol motifs (C(OH)–C–C–N with tert-alkyl or cyclic N) is 1. The van der Waals surface area contributed by atoms with Crippen LogP contribution in [0.5, 0.6) is 0 Å². The molecule has 1 aliphatic rings. The van der Waals surface area contributed by atoms with Crippen LogP contribution in [-0.2, 0) is 27.3 Å². The first-order valence-electron chi connectivity index (χ1n) is 27.1. The molecular weight excluding hydrogens is 998 g/mol. The third kappa shape index (κ3) is 15.8. The lowest BCUT2D eigenvalue weighted by atomic mass is 9.85. The van der Waals surface area contributed by atoms with Crippen LogP contribution in [0.15, 0.2) is 60.4 Å². The minimum absolute atomic E-state index is 0.00700. The molecule has 5 heterocycles. The van der Waals surface area contributed by atoms with Crippen LogP contribution in [0.3, 0.4) is 0 Å². The van der Waals surface area contributed by atoms with Gasteiger partial charge in [0, 0.05) is 68.1 Å². The van der Waals surface area contributed by atoms with Gasteiger partial charge in [0.25, 0.3) is 0 Å². The first-order valence-corrected chi connectivity index (χ1v) is 28.0. The van der Waals surface area contributed by atoms with Crippen LogP contribution in [0.1, 0.15) is 139 Å². The number of hydrogen-bond donors (Lipinski definition) is 6. The number of rotatable bonds is 25. The van der Waals surface area contributed by atoms with E-state index in [-0.39, 0.29) is 48.8 Å². The molecule has 0 bridgehead atoms. The molecule has 0 radical (unpaired) electrons. The lowest BCUT2D eigenvalue weighted by molar-refractivity contribution is -0.144. The zero-order valence-electron chi connectivity index (χ0n) is 45.8. The van der Waals surface area contributed by atoms with Gasteiger partial charge in [-0.15, -0.1) is 16.4 Å². The molecule has 77 heavy (non-hydrogen) atoms. The summed E-state index contributed by atoms with van der Waals surface area (Å²) in [7, 11) is 0. The van der Waals surface area contributed by atoms with Crippen molar-refractivity contribution < 1.29 is 28.7 Å². The van der Waals surface area contributed by atoms with Crippen LogP contribution in [0.4, 0.5) is 20.8 Å². The van der Waals surface area contributed by atoms with Gasteiger partial charge in [0.15, 0.2) is 5.65 Å². The number of thiazole rings is 1. The third-order valence-electron chi connectivity index (χ3n) is 14.0. The van der Waals surface area contributed by atoms with E-state index in [0.717, 1.165) is 102 Å². The number of pyridine rings is 1. The molecule has 1 fully saturated rings. The summed E-state index contributed by atoms with van der Waals surface area (Å²) in [6.45, 7) is 17.2. The van der Waals surface area contributed by atoms with E-state index >= 15 is 0 Å². The number of halogens is 1. The number of carbonyl (C=O) groups excluding carboxylic acids is 4. The summed E-state index contributed by atoms with van der Waals surface area (Å²) in [5.74, 6) is -1.02. The summed E-state index contributed by atoms with van der Waals surface area (Å²) >= 11 is 1.58. The molecule has 1 saturated heterocycles. The second-order valence-corrected chi connectivity index (χ2v) is 22.2. The molecular formula is C57H76FN13O5S. The molecule has 0 spiro atoms. The highest BCUT2D eigenvalue weighted by molar-refractivity contribution is 7.13. The van der Waals surface area contributed by atoms with Crippen molar-refractivity contribution in [2.24, 2.45) is 5.41 Å². The van der Waals surface area contributed by atoms with E-state index < -0.39 is 35.5 Å². The number of nitrogens with one attached hydrogen (secondary N) is 5. The summed E-state index contributed by atoms with van der Waals surface area (Å²) in [6.07, 6.45) is 11.9. The molecule has 6 aromatic rings. The number of aromatic nitrogens is 7. The molecule has 1 aliphatic heterocycles. The standard InChI is InChI=1S/C57H76FN13O5S/c1-9-10-11-15-25-60-56(76)65-47-30-44(35(2)27-46(47)58)45-28-41-31-61-55(67-52(41)63-37(45)4)59-24-16-14-18-42-32-70(69-68-42)26-17-12-13-19-49(73)66-51(57(6,7)8)54(75)71-33-43(72)29-48(71)53(74)64-36(3)39-20-22-40(23-21-39)50-38(5)62-34-77-50/h20-23,27-28,30-32,34,36,43,48,51,72H,9-19,24-26,29,33H2,1-8H3,(H,64,74)(H,66,73)(H2,60,65,76)(H,59,61,63,67)/t36?,43-,48+,51?/m1/s1. The number of aliphatic hydroxyl groups excluding tert-OH is 1. The monoisotopic (exact) mass is 1070 g/mol. The second-order valence-electron chi connectivity index (χ2n) is 21.4. The van der Waals surface area contributed by atoms with Gasteiger partial charge in [-0.3, -0.25) is 19.1 Å². The molecule has 20 heteroatoms. The first kappa shape index (κ1) is 57.8. The Balaban J connectivity index is 0.805. The third-order valence-corrected chi connectivity index (χ3v) is 15.0. The number of urea groups is 1. The molecule has 2 aromatic carbocycles.